The number of nitrogens with zero attached hydrogens (tertiary/aromatic N) is 2. The molecule has 2 heterocycles. The van der Waals surface area contributed by atoms with Crippen molar-refractivity contribution < 1.29 is 9.53 Å². The van der Waals surface area contributed by atoms with Gasteiger partial charge in [0.15, 0.2) is 0 Å². The van der Waals surface area contributed by atoms with Crippen LogP contribution in [0.3, 0.4) is 0 Å². The van der Waals surface area contributed by atoms with E-state index in [0.29, 0.717) is 25.5 Å². The molecule has 4 aromatic rings. The van der Waals surface area contributed by atoms with Crippen molar-refractivity contribution in [2.45, 2.75) is 51.7 Å². The van der Waals surface area contributed by atoms with Gasteiger partial charge in [-0.2, -0.15) is 0 Å². The molecular formula is C34H36N2O2. The van der Waals surface area contributed by atoms with Crippen molar-refractivity contribution in [3.63, 3.8) is 0 Å². The van der Waals surface area contributed by atoms with Crippen LogP contribution in [0.5, 0.6) is 5.75 Å². The van der Waals surface area contributed by atoms with E-state index in [1.165, 1.54) is 37.1 Å². The summed E-state index contributed by atoms with van der Waals surface area (Å²) in [4.78, 5) is 19.1. The van der Waals surface area contributed by atoms with Crippen molar-refractivity contribution in [2.24, 2.45) is 0 Å². The van der Waals surface area contributed by atoms with Gasteiger partial charge in [-0.3, -0.25) is 14.7 Å². The second-order valence-corrected chi connectivity index (χ2v) is 10.2. The highest BCUT2D eigenvalue weighted by Crippen LogP contribution is 2.33. The Morgan fingerprint density at radius 2 is 1.68 bits per heavy atom. The lowest BCUT2D eigenvalue weighted by Crippen LogP contribution is -2.23. The van der Waals surface area contributed by atoms with E-state index in [1.54, 1.807) is 6.20 Å². The number of hydrogen-bond donors (Lipinski definition) is 0. The Balaban J connectivity index is 1.19. The normalized spacial score (nSPS) is 14.3. The Labute approximate surface area is 226 Å². The molecule has 1 atom stereocenters. The molecule has 1 aliphatic rings. The van der Waals surface area contributed by atoms with E-state index in [4.69, 9.17) is 4.74 Å². The Morgan fingerprint density at radius 1 is 0.895 bits per heavy atom. The highest BCUT2D eigenvalue weighted by Gasteiger charge is 2.20. The number of hydrogen-bond acceptors (Lipinski definition) is 4. The number of aromatic nitrogens is 1. The molecule has 1 unspecified atom stereocenters. The molecule has 0 amide bonds. The molecule has 0 radical (unpaired) electrons. The molecule has 4 nitrogen and oxygen atoms in total. The SMILES string of the molecule is CC(c1cccc(-c2ccccc2OCc2ccc(CC(=O)CCc3cccnc3)cc2)c1)N1CCCC1. The van der Waals surface area contributed by atoms with E-state index in [2.05, 4.69) is 65.3 Å². The van der Waals surface area contributed by atoms with Crippen molar-refractivity contribution in [3.8, 4) is 16.9 Å². The van der Waals surface area contributed by atoms with Gasteiger partial charge in [-0.25, -0.2) is 0 Å². The number of benzene rings is 3. The molecular weight excluding hydrogens is 468 g/mol. The van der Waals surface area contributed by atoms with Crippen LogP contribution in [0.1, 0.15) is 54.5 Å². The van der Waals surface area contributed by atoms with E-state index >= 15 is 0 Å². The minimum absolute atomic E-state index is 0.244. The van der Waals surface area contributed by atoms with Gasteiger partial charge in [-0.1, -0.05) is 66.7 Å². The van der Waals surface area contributed by atoms with E-state index in [9.17, 15) is 4.79 Å². The largest absolute Gasteiger partial charge is 0.488 e. The highest BCUT2D eigenvalue weighted by atomic mass is 16.5. The van der Waals surface area contributed by atoms with Crippen LogP contribution in [0.4, 0.5) is 0 Å². The molecule has 0 spiro atoms. The minimum atomic E-state index is 0.244. The van der Waals surface area contributed by atoms with Gasteiger partial charge >= 0.3 is 0 Å². The number of para-hydroxylation sites is 1. The summed E-state index contributed by atoms with van der Waals surface area (Å²) < 4.78 is 6.30. The number of rotatable bonds is 11. The fourth-order valence-corrected chi connectivity index (χ4v) is 5.20. The lowest BCUT2D eigenvalue weighted by atomic mass is 9.99. The summed E-state index contributed by atoms with van der Waals surface area (Å²) in [7, 11) is 0. The lowest BCUT2D eigenvalue weighted by molar-refractivity contribution is -0.118. The van der Waals surface area contributed by atoms with E-state index in [-0.39, 0.29) is 5.78 Å². The molecule has 1 fully saturated rings. The van der Waals surface area contributed by atoms with Gasteiger partial charge < -0.3 is 4.74 Å². The molecule has 1 aromatic heterocycles. The van der Waals surface area contributed by atoms with Gasteiger partial charge in [0.25, 0.3) is 0 Å². The number of pyridine rings is 1. The topological polar surface area (TPSA) is 42.4 Å². The first-order valence-corrected chi connectivity index (χ1v) is 13.7. The third-order valence-electron chi connectivity index (χ3n) is 7.49. The average Bonchev–Trinajstić information content (AvgIpc) is 3.51. The second kappa shape index (κ2) is 12.7. The zero-order valence-corrected chi connectivity index (χ0v) is 22.2. The van der Waals surface area contributed by atoms with Crippen molar-refractivity contribution in [1.82, 2.24) is 9.88 Å². The van der Waals surface area contributed by atoms with Crippen LogP contribution in [0.2, 0.25) is 0 Å². The van der Waals surface area contributed by atoms with Crippen molar-refractivity contribution >= 4 is 5.78 Å². The summed E-state index contributed by atoms with van der Waals surface area (Å²) in [6.07, 6.45) is 7.89. The fourth-order valence-electron chi connectivity index (χ4n) is 5.20. The van der Waals surface area contributed by atoms with Gasteiger partial charge in [-0.05, 0) is 85.3 Å². The number of carbonyl (C=O) groups is 1. The van der Waals surface area contributed by atoms with Crippen molar-refractivity contribution in [1.29, 1.82) is 0 Å². The molecule has 0 saturated carbocycles. The number of carbonyl (C=O) groups excluding carboxylic acids is 1. The van der Waals surface area contributed by atoms with Crippen LogP contribution in [-0.2, 0) is 24.2 Å². The maximum atomic E-state index is 12.4. The fraction of sp³-hybridized carbons (Fsp3) is 0.294. The Hall–Kier alpha value is -3.76. The first kappa shape index (κ1) is 25.9. The maximum absolute atomic E-state index is 12.4. The number of ketones is 1. The molecule has 4 heteroatoms. The maximum Gasteiger partial charge on any atom is 0.137 e. The first-order valence-electron chi connectivity index (χ1n) is 13.7. The van der Waals surface area contributed by atoms with Crippen LogP contribution in [-0.4, -0.2) is 28.8 Å². The standard InChI is InChI=1S/C34H36N2O2/c1-26(36-20-4-5-21-36)30-9-6-10-31(23-30)33-11-2-3-12-34(33)38-25-29-15-13-27(14-16-29)22-32(37)18-17-28-8-7-19-35-24-28/h2-3,6-16,19,23-24,26H,4-5,17-18,20-22,25H2,1H3. The summed E-state index contributed by atoms with van der Waals surface area (Å²) in [5.41, 5.74) is 6.87. The summed E-state index contributed by atoms with van der Waals surface area (Å²) in [5.74, 6) is 1.13. The van der Waals surface area contributed by atoms with E-state index in [0.717, 1.165) is 34.4 Å². The van der Waals surface area contributed by atoms with E-state index in [1.807, 2.05) is 42.6 Å². The number of ether oxygens (including phenoxy) is 1. The van der Waals surface area contributed by atoms with Crippen LogP contribution < -0.4 is 4.74 Å². The molecule has 3 aromatic carbocycles. The third-order valence-corrected chi connectivity index (χ3v) is 7.49. The number of likely N-dealkylation sites (tertiary alicyclic amines) is 1. The van der Waals surface area contributed by atoms with Gasteiger partial charge in [0.1, 0.15) is 18.1 Å². The zero-order valence-electron chi connectivity index (χ0n) is 22.2. The Bertz CT molecular complexity index is 1330. The Morgan fingerprint density at radius 3 is 2.47 bits per heavy atom. The molecule has 0 aliphatic carbocycles. The zero-order chi connectivity index (χ0) is 26.2. The third kappa shape index (κ3) is 6.76. The second-order valence-electron chi connectivity index (χ2n) is 10.2. The molecule has 38 heavy (non-hydrogen) atoms. The molecule has 1 aliphatic heterocycles. The summed E-state index contributed by atoms with van der Waals surface area (Å²) in [5, 5.41) is 0. The lowest BCUT2D eigenvalue weighted by Gasteiger charge is -2.24. The average molecular weight is 505 g/mol. The monoisotopic (exact) mass is 504 g/mol. The van der Waals surface area contributed by atoms with Gasteiger partial charge in [-0.15, -0.1) is 0 Å². The van der Waals surface area contributed by atoms with Crippen molar-refractivity contribution in [3.05, 3.63) is 120 Å². The van der Waals surface area contributed by atoms with Gasteiger partial charge in [0.2, 0.25) is 0 Å². The van der Waals surface area contributed by atoms with Crippen LogP contribution in [0.25, 0.3) is 11.1 Å². The Kier molecular flexibility index (Phi) is 8.62. The predicted octanol–water partition coefficient (Wildman–Crippen LogP) is 7.23. The summed E-state index contributed by atoms with van der Waals surface area (Å²) in [6, 6.07) is 29.7. The van der Waals surface area contributed by atoms with Crippen LogP contribution >= 0.6 is 0 Å². The molecule has 0 bridgehead atoms. The molecule has 194 valence electrons. The number of Topliss-reactive ketones (excluding diaryl/α,β-unsaturated/α-hetero) is 1. The first-order chi connectivity index (χ1) is 18.7. The highest BCUT2D eigenvalue weighted by molar-refractivity contribution is 5.81. The molecule has 5 rings (SSSR count). The smallest absolute Gasteiger partial charge is 0.137 e. The van der Waals surface area contributed by atoms with E-state index < -0.39 is 0 Å². The van der Waals surface area contributed by atoms with Gasteiger partial charge in [0, 0.05) is 36.8 Å². The predicted molar refractivity (Wildman–Crippen MR) is 153 cm³/mol. The van der Waals surface area contributed by atoms with Crippen molar-refractivity contribution in [2.75, 3.05) is 13.1 Å². The molecule has 1 saturated heterocycles. The summed E-state index contributed by atoms with van der Waals surface area (Å²) in [6.45, 7) is 5.16. The quantitative estimate of drug-likeness (QED) is 0.216. The minimum Gasteiger partial charge on any atom is -0.488 e. The van der Waals surface area contributed by atoms with Gasteiger partial charge in [0.05, 0.1) is 0 Å². The number of aryl methyl sites for hydroxylation is 1. The molecule has 0 N–H and O–H groups in total. The van der Waals surface area contributed by atoms with Crippen LogP contribution in [0.15, 0.2) is 97.3 Å². The van der Waals surface area contributed by atoms with Crippen LogP contribution in [0, 0.1) is 0 Å². The summed E-state index contributed by atoms with van der Waals surface area (Å²) >= 11 is 0.